The number of Topliss-reactive ketones (excluding diaryl/α,β-unsaturated/α-hetero) is 1. The Morgan fingerprint density at radius 3 is 1.92 bits per heavy atom. The standard InChI is InChI=1S/C12H20O/c1-6-8-12(9(3)4)11(7-2)10(5)13/h3,6-8H2,1-2,4-5H3/b12-11-. The molecule has 0 atom stereocenters. The van der Waals surface area contributed by atoms with Gasteiger partial charge in [-0.25, -0.2) is 0 Å². The largest absolute Gasteiger partial charge is 0.295 e. The molecule has 0 aliphatic carbocycles. The Morgan fingerprint density at radius 2 is 1.69 bits per heavy atom. The molecule has 1 heteroatoms. The lowest BCUT2D eigenvalue weighted by molar-refractivity contribution is -0.113. The molecule has 13 heavy (non-hydrogen) atoms. The molecule has 0 spiro atoms. The van der Waals surface area contributed by atoms with Crippen LogP contribution < -0.4 is 0 Å². The summed E-state index contributed by atoms with van der Waals surface area (Å²) < 4.78 is 0. The number of hydrogen-bond donors (Lipinski definition) is 0. The SMILES string of the molecule is C=C(C)/C(CCC)=C(/CC)C(C)=O. The molecule has 0 radical (unpaired) electrons. The highest BCUT2D eigenvalue weighted by atomic mass is 16.1. The maximum atomic E-state index is 11.3. The van der Waals surface area contributed by atoms with Gasteiger partial charge in [0.25, 0.3) is 0 Å². The summed E-state index contributed by atoms with van der Waals surface area (Å²) in [5.41, 5.74) is 3.15. The smallest absolute Gasteiger partial charge is 0.156 e. The van der Waals surface area contributed by atoms with E-state index in [4.69, 9.17) is 0 Å². The maximum Gasteiger partial charge on any atom is 0.156 e. The molecule has 0 aliphatic heterocycles. The summed E-state index contributed by atoms with van der Waals surface area (Å²) in [6, 6.07) is 0. The summed E-state index contributed by atoms with van der Waals surface area (Å²) in [6.07, 6.45) is 2.86. The van der Waals surface area contributed by atoms with Gasteiger partial charge in [-0.15, -0.1) is 0 Å². The Balaban J connectivity index is 5.00. The van der Waals surface area contributed by atoms with Crippen molar-refractivity contribution >= 4 is 5.78 Å². The van der Waals surface area contributed by atoms with Gasteiger partial charge in [0, 0.05) is 0 Å². The van der Waals surface area contributed by atoms with Gasteiger partial charge in [0.05, 0.1) is 0 Å². The predicted molar refractivity (Wildman–Crippen MR) is 57.7 cm³/mol. The van der Waals surface area contributed by atoms with E-state index >= 15 is 0 Å². The van der Waals surface area contributed by atoms with Gasteiger partial charge in [0.1, 0.15) is 0 Å². The number of carbonyl (C=O) groups excluding carboxylic acids is 1. The molecular formula is C12H20O. The Kier molecular flexibility index (Phi) is 5.36. The molecule has 0 amide bonds. The third kappa shape index (κ3) is 3.58. The lowest BCUT2D eigenvalue weighted by atomic mass is 9.94. The topological polar surface area (TPSA) is 17.1 Å². The van der Waals surface area contributed by atoms with E-state index in [1.165, 1.54) is 0 Å². The molecule has 74 valence electrons. The number of ketones is 1. The van der Waals surface area contributed by atoms with E-state index in [0.717, 1.165) is 36.0 Å². The Bertz CT molecular complexity index is 234. The minimum absolute atomic E-state index is 0.189. The molecule has 1 nitrogen and oxygen atoms in total. The normalized spacial score (nSPS) is 12.3. The lowest BCUT2D eigenvalue weighted by Crippen LogP contribution is -2.01. The first-order chi connectivity index (χ1) is 6.04. The van der Waals surface area contributed by atoms with Gasteiger partial charge >= 0.3 is 0 Å². The summed E-state index contributed by atoms with van der Waals surface area (Å²) in [4.78, 5) is 11.3. The molecule has 0 aromatic rings. The zero-order chi connectivity index (χ0) is 10.4. The van der Waals surface area contributed by atoms with Crippen molar-refractivity contribution in [3.63, 3.8) is 0 Å². The highest BCUT2D eigenvalue weighted by Crippen LogP contribution is 2.21. The van der Waals surface area contributed by atoms with Gasteiger partial charge in [-0.2, -0.15) is 0 Å². The van der Waals surface area contributed by atoms with E-state index < -0.39 is 0 Å². The van der Waals surface area contributed by atoms with Gasteiger partial charge in [-0.3, -0.25) is 4.79 Å². The van der Waals surface area contributed by atoms with Crippen molar-refractivity contribution in [1.82, 2.24) is 0 Å². The van der Waals surface area contributed by atoms with Crippen molar-refractivity contribution in [2.45, 2.75) is 47.0 Å². The fourth-order valence-electron chi connectivity index (χ4n) is 1.55. The Morgan fingerprint density at radius 1 is 1.15 bits per heavy atom. The Hall–Kier alpha value is -0.850. The summed E-state index contributed by atoms with van der Waals surface area (Å²) in [5, 5.41) is 0. The van der Waals surface area contributed by atoms with Crippen LogP contribution in [0.4, 0.5) is 0 Å². The average Bonchev–Trinajstić information content (AvgIpc) is 2.03. The van der Waals surface area contributed by atoms with Crippen LogP contribution in [-0.2, 0) is 4.79 Å². The van der Waals surface area contributed by atoms with Gasteiger partial charge in [0.15, 0.2) is 5.78 Å². The predicted octanol–water partition coefficient (Wildman–Crippen LogP) is 3.66. The maximum absolute atomic E-state index is 11.3. The van der Waals surface area contributed by atoms with Crippen LogP contribution in [0.25, 0.3) is 0 Å². The van der Waals surface area contributed by atoms with Crippen LogP contribution >= 0.6 is 0 Å². The minimum atomic E-state index is 0.189. The minimum Gasteiger partial charge on any atom is -0.295 e. The van der Waals surface area contributed by atoms with Crippen LogP contribution in [-0.4, -0.2) is 5.78 Å². The number of carbonyl (C=O) groups is 1. The van der Waals surface area contributed by atoms with Crippen molar-refractivity contribution in [3.8, 4) is 0 Å². The molecular weight excluding hydrogens is 160 g/mol. The van der Waals surface area contributed by atoms with Gasteiger partial charge < -0.3 is 0 Å². The molecule has 0 N–H and O–H groups in total. The second-order valence-corrected chi connectivity index (χ2v) is 3.40. The average molecular weight is 180 g/mol. The van der Waals surface area contributed by atoms with E-state index in [1.807, 2.05) is 13.8 Å². The first-order valence-electron chi connectivity index (χ1n) is 4.93. The van der Waals surface area contributed by atoms with Crippen molar-refractivity contribution in [2.75, 3.05) is 0 Å². The van der Waals surface area contributed by atoms with Crippen molar-refractivity contribution in [1.29, 1.82) is 0 Å². The van der Waals surface area contributed by atoms with Gasteiger partial charge in [-0.05, 0) is 37.8 Å². The van der Waals surface area contributed by atoms with Crippen LogP contribution in [0.15, 0.2) is 23.3 Å². The molecule has 0 aromatic heterocycles. The molecule has 0 rings (SSSR count). The summed E-state index contributed by atoms with van der Waals surface area (Å²) in [6.45, 7) is 11.7. The van der Waals surface area contributed by atoms with E-state index in [9.17, 15) is 4.79 Å². The van der Waals surface area contributed by atoms with E-state index in [0.29, 0.717) is 0 Å². The van der Waals surface area contributed by atoms with Crippen LogP contribution in [0.1, 0.15) is 47.0 Å². The zero-order valence-corrected chi connectivity index (χ0v) is 9.24. The van der Waals surface area contributed by atoms with Crippen molar-refractivity contribution < 1.29 is 4.79 Å². The fourth-order valence-corrected chi connectivity index (χ4v) is 1.55. The van der Waals surface area contributed by atoms with E-state index in [2.05, 4.69) is 13.5 Å². The number of hydrogen-bond acceptors (Lipinski definition) is 1. The third-order valence-corrected chi connectivity index (χ3v) is 2.16. The summed E-state index contributed by atoms with van der Waals surface area (Å²) in [5.74, 6) is 0.189. The van der Waals surface area contributed by atoms with Crippen LogP contribution in [0, 0.1) is 0 Å². The van der Waals surface area contributed by atoms with Crippen LogP contribution in [0.3, 0.4) is 0 Å². The highest BCUT2D eigenvalue weighted by Gasteiger charge is 2.09. The number of allylic oxidation sites excluding steroid dienone is 3. The molecule has 0 saturated heterocycles. The molecule has 0 aromatic carbocycles. The quantitative estimate of drug-likeness (QED) is 0.466. The molecule has 0 saturated carbocycles. The van der Waals surface area contributed by atoms with Crippen LogP contribution in [0.2, 0.25) is 0 Å². The summed E-state index contributed by atoms with van der Waals surface area (Å²) >= 11 is 0. The van der Waals surface area contributed by atoms with Gasteiger partial charge in [-0.1, -0.05) is 32.4 Å². The first-order valence-corrected chi connectivity index (χ1v) is 4.93. The fraction of sp³-hybridized carbons (Fsp3) is 0.583. The lowest BCUT2D eigenvalue weighted by Gasteiger charge is -2.11. The van der Waals surface area contributed by atoms with Crippen molar-refractivity contribution in [3.05, 3.63) is 23.3 Å². The van der Waals surface area contributed by atoms with Gasteiger partial charge in [0.2, 0.25) is 0 Å². The second-order valence-electron chi connectivity index (χ2n) is 3.40. The zero-order valence-electron chi connectivity index (χ0n) is 9.24. The molecule has 0 heterocycles. The monoisotopic (exact) mass is 180 g/mol. The molecule has 0 fully saturated rings. The third-order valence-electron chi connectivity index (χ3n) is 2.16. The number of rotatable bonds is 5. The van der Waals surface area contributed by atoms with E-state index in [1.54, 1.807) is 6.92 Å². The first kappa shape index (κ1) is 12.2. The molecule has 0 bridgehead atoms. The van der Waals surface area contributed by atoms with E-state index in [-0.39, 0.29) is 5.78 Å². The molecule has 0 aliphatic rings. The summed E-state index contributed by atoms with van der Waals surface area (Å²) in [7, 11) is 0. The van der Waals surface area contributed by atoms with Crippen molar-refractivity contribution in [2.24, 2.45) is 0 Å². The molecule has 0 unspecified atom stereocenters. The Labute approximate surface area is 81.5 Å². The van der Waals surface area contributed by atoms with Crippen LogP contribution in [0.5, 0.6) is 0 Å². The highest BCUT2D eigenvalue weighted by molar-refractivity contribution is 5.94. The second kappa shape index (κ2) is 5.74.